The second kappa shape index (κ2) is 7.99. The molecule has 6 nitrogen and oxygen atoms in total. The molecule has 7 heteroatoms. The van der Waals surface area contributed by atoms with E-state index < -0.39 is 0 Å². The van der Waals surface area contributed by atoms with Gasteiger partial charge in [-0.05, 0) is 31.4 Å². The zero-order chi connectivity index (χ0) is 16.8. The Bertz CT molecular complexity index is 657. The number of benzene rings is 1. The van der Waals surface area contributed by atoms with Crippen LogP contribution in [0.3, 0.4) is 0 Å². The van der Waals surface area contributed by atoms with Gasteiger partial charge in [0.25, 0.3) is 0 Å². The van der Waals surface area contributed by atoms with E-state index >= 15 is 0 Å². The van der Waals surface area contributed by atoms with Gasteiger partial charge < -0.3 is 15.7 Å². The lowest BCUT2D eigenvalue weighted by molar-refractivity contribution is 0.163. The number of rotatable bonds is 6. The maximum atomic E-state index is 11.9. The van der Waals surface area contributed by atoms with E-state index in [-0.39, 0.29) is 18.1 Å². The van der Waals surface area contributed by atoms with Gasteiger partial charge in [0.05, 0.1) is 34.9 Å². The summed E-state index contributed by atoms with van der Waals surface area (Å²) in [6.45, 7) is 4.21. The molecule has 3 N–H and O–H groups in total. The van der Waals surface area contributed by atoms with Crippen LogP contribution in [0.1, 0.15) is 20.3 Å². The summed E-state index contributed by atoms with van der Waals surface area (Å²) in [5.41, 5.74) is 1.32. The SMILES string of the molecule is CC(O)CC(C)CNC(=O)Nc1cnn(-c2ccccc2Cl)c1. The van der Waals surface area contributed by atoms with E-state index in [1.165, 1.54) is 0 Å². The number of nitrogens with one attached hydrogen (secondary N) is 2. The van der Waals surface area contributed by atoms with Crippen molar-refractivity contribution in [3.63, 3.8) is 0 Å². The minimum atomic E-state index is -0.372. The van der Waals surface area contributed by atoms with Gasteiger partial charge in [0.2, 0.25) is 0 Å². The number of hydrogen-bond acceptors (Lipinski definition) is 3. The van der Waals surface area contributed by atoms with Crippen molar-refractivity contribution in [3.05, 3.63) is 41.7 Å². The Morgan fingerprint density at radius 3 is 2.83 bits per heavy atom. The molecule has 0 aliphatic heterocycles. The first-order valence-electron chi connectivity index (χ1n) is 7.48. The van der Waals surface area contributed by atoms with E-state index in [0.29, 0.717) is 23.7 Å². The Morgan fingerprint density at radius 1 is 1.39 bits per heavy atom. The van der Waals surface area contributed by atoms with Crippen molar-refractivity contribution >= 4 is 23.3 Å². The molecule has 0 bridgehead atoms. The number of nitrogens with zero attached hydrogens (tertiary/aromatic N) is 2. The van der Waals surface area contributed by atoms with E-state index in [4.69, 9.17) is 11.6 Å². The number of amides is 2. The van der Waals surface area contributed by atoms with E-state index in [9.17, 15) is 9.90 Å². The molecule has 23 heavy (non-hydrogen) atoms. The standard InChI is InChI=1S/C16H21ClN4O2/c1-11(7-12(2)22)8-18-16(23)20-13-9-19-21(10-13)15-6-4-3-5-14(15)17/h3-6,9-12,22H,7-8H2,1-2H3,(H2,18,20,23). The normalized spacial score (nSPS) is 13.4. The number of hydrogen-bond donors (Lipinski definition) is 3. The molecule has 0 radical (unpaired) electrons. The average molecular weight is 337 g/mol. The van der Waals surface area contributed by atoms with Crippen LogP contribution in [0.15, 0.2) is 36.7 Å². The number of urea groups is 1. The largest absolute Gasteiger partial charge is 0.393 e. The van der Waals surface area contributed by atoms with Gasteiger partial charge in [-0.15, -0.1) is 0 Å². The Labute approximate surface area is 140 Å². The fourth-order valence-electron chi connectivity index (χ4n) is 2.26. The molecule has 0 saturated heterocycles. The van der Waals surface area contributed by atoms with Crippen LogP contribution in [-0.4, -0.2) is 33.6 Å². The minimum absolute atomic E-state index is 0.201. The average Bonchev–Trinajstić information content (AvgIpc) is 2.93. The van der Waals surface area contributed by atoms with Crippen LogP contribution in [0, 0.1) is 5.92 Å². The van der Waals surface area contributed by atoms with Crippen LogP contribution in [0.2, 0.25) is 5.02 Å². The molecule has 1 heterocycles. The highest BCUT2D eigenvalue weighted by Crippen LogP contribution is 2.20. The summed E-state index contributed by atoms with van der Waals surface area (Å²) in [7, 11) is 0. The molecule has 2 atom stereocenters. The summed E-state index contributed by atoms with van der Waals surface area (Å²) in [5, 5.41) is 19.6. The Morgan fingerprint density at radius 2 is 2.13 bits per heavy atom. The first-order chi connectivity index (χ1) is 11.0. The molecule has 124 valence electrons. The summed E-state index contributed by atoms with van der Waals surface area (Å²) in [6, 6.07) is 7.03. The fourth-order valence-corrected chi connectivity index (χ4v) is 2.49. The lowest BCUT2D eigenvalue weighted by Gasteiger charge is -2.14. The molecule has 2 unspecified atom stereocenters. The van der Waals surface area contributed by atoms with Crippen molar-refractivity contribution < 1.29 is 9.90 Å². The van der Waals surface area contributed by atoms with Crippen LogP contribution in [0.5, 0.6) is 0 Å². The predicted octanol–water partition coefficient (Wildman–Crippen LogP) is 3.05. The number of carbonyl (C=O) groups excluding carboxylic acids is 1. The third-order valence-electron chi connectivity index (χ3n) is 3.29. The van der Waals surface area contributed by atoms with Crippen molar-refractivity contribution in [3.8, 4) is 5.69 Å². The maximum absolute atomic E-state index is 11.9. The zero-order valence-corrected chi connectivity index (χ0v) is 13.9. The maximum Gasteiger partial charge on any atom is 0.319 e. The second-order valence-electron chi connectivity index (χ2n) is 5.65. The van der Waals surface area contributed by atoms with Gasteiger partial charge in [0.15, 0.2) is 0 Å². The minimum Gasteiger partial charge on any atom is -0.393 e. The van der Waals surface area contributed by atoms with Gasteiger partial charge >= 0.3 is 6.03 Å². The topological polar surface area (TPSA) is 79.2 Å². The molecule has 0 aliphatic rings. The van der Waals surface area contributed by atoms with E-state index in [1.54, 1.807) is 30.1 Å². The van der Waals surface area contributed by atoms with Crippen molar-refractivity contribution in [2.45, 2.75) is 26.4 Å². The quantitative estimate of drug-likeness (QED) is 0.758. The van der Waals surface area contributed by atoms with Crippen molar-refractivity contribution in [2.24, 2.45) is 5.92 Å². The summed E-state index contributed by atoms with van der Waals surface area (Å²) in [5.74, 6) is 0.201. The lowest BCUT2D eigenvalue weighted by Crippen LogP contribution is -2.33. The van der Waals surface area contributed by atoms with Crippen LogP contribution < -0.4 is 10.6 Å². The smallest absolute Gasteiger partial charge is 0.319 e. The lowest BCUT2D eigenvalue weighted by atomic mass is 10.1. The number of anilines is 1. The summed E-state index contributed by atoms with van der Waals surface area (Å²) >= 11 is 6.12. The number of halogens is 1. The highest BCUT2D eigenvalue weighted by atomic mass is 35.5. The zero-order valence-electron chi connectivity index (χ0n) is 13.2. The first kappa shape index (κ1) is 17.3. The third kappa shape index (κ3) is 5.26. The summed E-state index contributed by atoms with van der Waals surface area (Å²) in [4.78, 5) is 11.9. The highest BCUT2D eigenvalue weighted by molar-refractivity contribution is 6.32. The number of aromatic nitrogens is 2. The van der Waals surface area contributed by atoms with E-state index in [2.05, 4.69) is 15.7 Å². The molecule has 2 rings (SSSR count). The van der Waals surface area contributed by atoms with Crippen molar-refractivity contribution in [1.29, 1.82) is 0 Å². The van der Waals surface area contributed by atoms with Gasteiger partial charge in [-0.3, -0.25) is 0 Å². The Hall–Kier alpha value is -2.05. The van der Waals surface area contributed by atoms with Gasteiger partial charge in [0, 0.05) is 6.54 Å². The predicted molar refractivity (Wildman–Crippen MR) is 91.1 cm³/mol. The Kier molecular flexibility index (Phi) is 6.01. The van der Waals surface area contributed by atoms with E-state index in [0.717, 1.165) is 5.69 Å². The second-order valence-corrected chi connectivity index (χ2v) is 6.06. The molecule has 1 aromatic carbocycles. The van der Waals surface area contributed by atoms with Crippen LogP contribution in [-0.2, 0) is 0 Å². The molecular formula is C16H21ClN4O2. The summed E-state index contributed by atoms with van der Waals surface area (Å²) in [6.07, 6.45) is 3.52. The van der Waals surface area contributed by atoms with E-state index in [1.807, 2.05) is 25.1 Å². The summed E-state index contributed by atoms with van der Waals surface area (Å²) < 4.78 is 1.61. The molecule has 0 fully saturated rings. The molecule has 0 spiro atoms. The van der Waals surface area contributed by atoms with Gasteiger partial charge in [-0.1, -0.05) is 30.7 Å². The van der Waals surface area contributed by atoms with Crippen LogP contribution in [0.25, 0.3) is 5.69 Å². The van der Waals surface area contributed by atoms with Gasteiger partial charge in [-0.2, -0.15) is 5.10 Å². The third-order valence-corrected chi connectivity index (χ3v) is 3.61. The first-order valence-corrected chi connectivity index (χ1v) is 7.86. The van der Waals surface area contributed by atoms with Crippen LogP contribution in [0.4, 0.5) is 10.5 Å². The molecular weight excluding hydrogens is 316 g/mol. The molecule has 0 saturated carbocycles. The van der Waals surface area contributed by atoms with Crippen molar-refractivity contribution in [2.75, 3.05) is 11.9 Å². The monoisotopic (exact) mass is 336 g/mol. The molecule has 2 aromatic rings. The number of aliphatic hydroxyl groups is 1. The number of aliphatic hydroxyl groups excluding tert-OH is 1. The molecule has 2 amide bonds. The highest BCUT2D eigenvalue weighted by Gasteiger charge is 2.10. The van der Waals surface area contributed by atoms with Crippen molar-refractivity contribution in [1.82, 2.24) is 15.1 Å². The molecule has 0 aliphatic carbocycles. The van der Waals surface area contributed by atoms with Gasteiger partial charge in [0.1, 0.15) is 0 Å². The molecule has 1 aromatic heterocycles. The van der Waals surface area contributed by atoms with Gasteiger partial charge in [-0.25, -0.2) is 9.48 Å². The Balaban J connectivity index is 1.89. The number of carbonyl (C=O) groups is 1. The van der Waals surface area contributed by atoms with Crippen LogP contribution >= 0.6 is 11.6 Å². The number of para-hydroxylation sites is 1. The fraction of sp³-hybridized carbons (Fsp3) is 0.375.